The summed E-state index contributed by atoms with van der Waals surface area (Å²) < 4.78 is 11.5. The van der Waals surface area contributed by atoms with Crippen LogP contribution in [0.1, 0.15) is 5.56 Å². The van der Waals surface area contributed by atoms with Gasteiger partial charge in [0.25, 0.3) is 0 Å². The molecule has 0 amide bonds. The van der Waals surface area contributed by atoms with Crippen LogP contribution in [-0.2, 0) is 17.3 Å². The molecule has 0 saturated carbocycles. The van der Waals surface area contributed by atoms with Gasteiger partial charge in [-0.1, -0.05) is 48.5 Å². The molecule has 0 saturated heterocycles. The molecule has 3 aromatic carbocycles. The van der Waals surface area contributed by atoms with Crippen LogP contribution in [-0.4, -0.2) is 16.4 Å². The summed E-state index contributed by atoms with van der Waals surface area (Å²) in [6.07, 6.45) is 1.65. The van der Waals surface area contributed by atoms with Crippen molar-refractivity contribution >= 4 is 33.2 Å². The molecule has 3 rings (SSSR count). The molecular weight excluding hydrogens is 318 g/mol. The van der Waals surface area contributed by atoms with E-state index in [4.69, 9.17) is 5.73 Å². The van der Waals surface area contributed by atoms with E-state index in [2.05, 4.69) is 34.6 Å². The largest absolute Gasteiger partial charge is 0.370 e. The van der Waals surface area contributed by atoms with Crippen LogP contribution in [0.2, 0.25) is 0 Å². The summed E-state index contributed by atoms with van der Waals surface area (Å²) in [5.74, 6) is 0.335. The van der Waals surface area contributed by atoms with Crippen molar-refractivity contribution in [1.29, 1.82) is 0 Å². The molecule has 1 atom stereocenters. The third-order valence-electron chi connectivity index (χ3n) is 3.74. The molecular formula is C19H19N3OS. The minimum Gasteiger partial charge on any atom is -0.370 e. The average molecular weight is 337 g/mol. The van der Waals surface area contributed by atoms with Crippen molar-refractivity contribution in [2.24, 2.45) is 10.7 Å². The predicted molar refractivity (Wildman–Crippen MR) is 102 cm³/mol. The second-order valence-corrected chi connectivity index (χ2v) is 6.83. The number of nitrogens with one attached hydrogen (secondary N) is 1. The Labute approximate surface area is 143 Å². The fourth-order valence-electron chi connectivity index (χ4n) is 2.54. The average Bonchev–Trinajstić information content (AvgIpc) is 2.60. The molecule has 0 aliphatic heterocycles. The van der Waals surface area contributed by atoms with Gasteiger partial charge in [0.1, 0.15) is 0 Å². The Kier molecular flexibility index (Phi) is 4.91. The van der Waals surface area contributed by atoms with E-state index in [1.54, 1.807) is 6.26 Å². The topological polar surface area (TPSA) is 67.5 Å². The van der Waals surface area contributed by atoms with E-state index in [9.17, 15) is 4.21 Å². The highest BCUT2D eigenvalue weighted by Crippen LogP contribution is 2.19. The molecule has 4 nitrogen and oxygen atoms in total. The van der Waals surface area contributed by atoms with Crippen molar-refractivity contribution < 1.29 is 4.21 Å². The maximum absolute atomic E-state index is 11.5. The van der Waals surface area contributed by atoms with Crippen LogP contribution in [0, 0.1) is 0 Å². The fraction of sp³-hybridized carbons (Fsp3) is 0.105. The van der Waals surface area contributed by atoms with E-state index < -0.39 is 10.8 Å². The van der Waals surface area contributed by atoms with Gasteiger partial charge in [0.15, 0.2) is 5.96 Å². The zero-order chi connectivity index (χ0) is 16.9. The predicted octanol–water partition coefficient (Wildman–Crippen LogP) is 3.50. The number of hydrogen-bond donors (Lipinski definition) is 2. The first-order chi connectivity index (χ1) is 11.6. The van der Waals surface area contributed by atoms with E-state index in [0.717, 1.165) is 16.1 Å². The minimum absolute atomic E-state index is 0.335. The molecule has 0 bridgehead atoms. The van der Waals surface area contributed by atoms with Gasteiger partial charge in [0.05, 0.1) is 6.54 Å². The van der Waals surface area contributed by atoms with Gasteiger partial charge in [0.2, 0.25) is 0 Å². The lowest BCUT2D eigenvalue weighted by Crippen LogP contribution is -2.22. The Bertz CT molecular complexity index is 916. The molecule has 0 aliphatic rings. The van der Waals surface area contributed by atoms with Gasteiger partial charge in [-0.2, -0.15) is 0 Å². The molecule has 122 valence electrons. The third-order valence-corrected chi connectivity index (χ3v) is 4.66. The van der Waals surface area contributed by atoms with E-state index in [1.165, 1.54) is 10.8 Å². The number of nitrogens with two attached hydrogens (primary N) is 1. The molecule has 1 unspecified atom stereocenters. The number of guanidine groups is 1. The highest BCUT2D eigenvalue weighted by Gasteiger charge is 2.02. The molecule has 24 heavy (non-hydrogen) atoms. The summed E-state index contributed by atoms with van der Waals surface area (Å²) in [5.41, 5.74) is 7.89. The van der Waals surface area contributed by atoms with Crippen molar-refractivity contribution in [3.63, 3.8) is 0 Å². The lowest BCUT2D eigenvalue weighted by atomic mass is 10.1. The number of rotatable bonds is 4. The maximum atomic E-state index is 11.5. The number of nitrogens with zero attached hydrogens (tertiary/aromatic N) is 1. The molecule has 0 aromatic heterocycles. The van der Waals surface area contributed by atoms with Crippen molar-refractivity contribution in [3.05, 3.63) is 72.3 Å². The lowest BCUT2D eigenvalue weighted by Gasteiger charge is -2.08. The van der Waals surface area contributed by atoms with E-state index >= 15 is 0 Å². The van der Waals surface area contributed by atoms with Gasteiger partial charge in [-0.25, -0.2) is 4.99 Å². The Hall–Kier alpha value is -2.66. The smallest absolute Gasteiger partial charge is 0.193 e. The van der Waals surface area contributed by atoms with Crippen molar-refractivity contribution in [2.75, 3.05) is 11.6 Å². The number of aliphatic imine (C=N–C) groups is 1. The molecule has 0 spiro atoms. The maximum Gasteiger partial charge on any atom is 0.193 e. The molecule has 0 aliphatic carbocycles. The SMILES string of the molecule is CS(=O)c1cccc(NC(N)=NCc2cccc3ccccc23)c1. The minimum atomic E-state index is -1.02. The van der Waals surface area contributed by atoms with Crippen LogP contribution in [0.4, 0.5) is 5.69 Å². The molecule has 3 N–H and O–H groups in total. The number of hydrogen-bond acceptors (Lipinski definition) is 2. The quantitative estimate of drug-likeness (QED) is 0.565. The van der Waals surface area contributed by atoms with Gasteiger partial charge >= 0.3 is 0 Å². The Morgan fingerprint density at radius 3 is 2.67 bits per heavy atom. The zero-order valence-electron chi connectivity index (χ0n) is 13.4. The summed E-state index contributed by atoms with van der Waals surface area (Å²) in [6, 6.07) is 21.7. The van der Waals surface area contributed by atoms with Gasteiger partial charge in [-0.15, -0.1) is 0 Å². The first-order valence-corrected chi connectivity index (χ1v) is 9.16. The Balaban J connectivity index is 1.76. The van der Waals surface area contributed by atoms with Crippen LogP contribution in [0.25, 0.3) is 10.8 Å². The zero-order valence-corrected chi connectivity index (χ0v) is 14.2. The third kappa shape index (κ3) is 3.81. The van der Waals surface area contributed by atoms with Crippen molar-refractivity contribution in [2.45, 2.75) is 11.4 Å². The summed E-state index contributed by atoms with van der Waals surface area (Å²) >= 11 is 0. The first kappa shape index (κ1) is 16.2. The van der Waals surface area contributed by atoms with Crippen LogP contribution < -0.4 is 11.1 Å². The molecule has 0 radical (unpaired) electrons. The van der Waals surface area contributed by atoms with Crippen molar-refractivity contribution in [1.82, 2.24) is 0 Å². The van der Waals surface area contributed by atoms with Gasteiger partial charge in [-0.3, -0.25) is 4.21 Å². The summed E-state index contributed by atoms with van der Waals surface area (Å²) in [7, 11) is -1.02. The van der Waals surface area contributed by atoms with Gasteiger partial charge in [-0.05, 0) is 34.5 Å². The summed E-state index contributed by atoms with van der Waals surface area (Å²) in [4.78, 5) is 5.17. The molecule has 0 fully saturated rings. The lowest BCUT2D eigenvalue weighted by molar-refractivity contribution is 0.687. The highest BCUT2D eigenvalue weighted by molar-refractivity contribution is 7.84. The standard InChI is InChI=1S/C19H19N3OS/c1-24(23)17-10-5-9-16(12-17)22-19(20)21-13-15-8-4-7-14-6-2-3-11-18(14)15/h2-12H,13H2,1H3,(H3,20,21,22). The Morgan fingerprint density at radius 2 is 1.83 bits per heavy atom. The number of anilines is 1. The van der Waals surface area contributed by atoms with Crippen molar-refractivity contribution in [3.8, 4) is 0 Å². The molecule has 0 heterocycles. The molecule has 5 heteroatoms. The second-order valence-electron chi connectivity index (χ2n) is 5.45. The van der Waals surface area contributed by atoms with Crippen LogP contribution in [0.5, 0.6) is 0 Å². The fourth-order valence-corrected chi connectivity index (χ4v) is 3.10. The number of fused-ring (bicyclic) bond motifs is 1. The Morgan fingerprint density at radius 1 is 1.08 bits per heavy atom. The summed E-state index contributed by atoms with van der Waals surface area (Å²) in [5, 5.41) is 5.42. The normalized spacial score (nSPS) is 13.0. The second kappa shape index (κ2) is 7.27. The monoisotopic (exact) mass is 337 g/mol. The number of benzene rings is 3. The van der Waals surface area contributed by atoms with Crippen LogP contribution in [0.3, 0.4) is 0 Å². The summed E-state index contributed by atoms with van der Waals surface area (Å²) in [6.45, 7) is 0.500. The van der Waals surface area contributed by atoms with E-state index in [1.807, 2.05) is 42.5 Å². The van der Waals surface area contributed by atoms with E-state index in [0.29, 0.717) is 12.5 Å². The van der Waals surface area contributed by atoms with E-state index in [-0.39, 0.29) is 0 Å². The first-order valence-electron chi connectivity index (χ1n) is 7.60. The molecule has 3 aromatic rings. The van der Waals surface area contributed by atoms with Crippen LogP contribution >= 0.6 is 0 Å². The van der Waals surface area contributed by atoms with Gasteiger partial charge < -0.3 is 11.1 Å². The highest BCUT2D eigenvalue weighted by atomic mass is 32.2. The van der Waals surface area contributed by atoms with Crippen LogP contribution in [0.15, 0.2) is 76.6 Å². The van der Waals surface area contributed by atoms with Gasteiger partial charge in [0, 0.05) is 27.6 Å².